The first-order chi connectivity index (χ1) is 12.0. The maximum Gasteiger partial charge on any atom is 0.225 e. The molecule has 0 aliphatic heterocycles. The van der Waals surface area contributed by atoms with Crippen molar-refractivity contribution in [3.05, 3.63) is 58.9 Å². The van der Waals surface area contributed by atoms with Crippen LogP contribution < -0.4 is 10.1 Å². The minimum Gasteiger partial charge on any atom is -0.492 e. The Hall–Kier alpha value is -2.11. The third-order valence-corrected chi connectivity index (χ3v) is 3.99. The second-order valence-corrected chi connectivity index (χ2v) is 6.28. The molecule has 0 spiro atoms. The summed E-state index contributed by atoms with van der Waals surface area (Å²) in [5, 5.41) is 2.85. The largest absolute Gasteiger partial charge is 0.492 e. The quantitative estimate of drug-likeness (QED) is 0.765. The van der Waals surface area contributed by atoms with Crippen molar-refractivity contribution in [3.8, 4) is 5.75 Å². The average molecular weight is 365 g/mol. The number of nitrogens with one attached hydrogen (secondary N) is 1. The van der Waals surface area contributed by atoms with Crippen LogP contribution in [0.3, 0.4) is 0 Å². The number of rotatable bonds is 8. The fourth-order valence-electron chi connectivity index (χ4n) is 2.24. The van der Waals surface area contributed by atoms with Crippen molar-refractivity contribution in [2.75, 3.05) is 32.1 Å². The molecule has 0 heterocycles. The van der Waals surface area contributed by atoms with Gasteiger partial charge < -0.3 is 15.0 Å². The lowest BCUT2D eigenvalue weighted by Gasteiger charge is -2.17. The lowest BCUT2D eigenvalue weighted by atomic mass is 10.2. The molecule has 1 N–H and O–H groups in total. The summed E-state index contributed by atoms with van der Waals surface area (Å²) in [6, 6.07) is 12.0. The molecule has 0 fully saturated rings. The summed E-state index contributed by atoms with van der Waals surface area (Å²) in [6.45, 7) is 3.78. The van der Waals surface area contributed by atoms with Crippen molar-refractivity contribution in [1.82, 2.24) is 4.90 Å². The molecule has 0 unspecified atom stereocenters. The Morgan fingerprint density at radius 3 is 2.72 bits per heavy atom. The number of carbonyl (C=O) groups excluding carboxylic acids is 1. The summed E-state index contributed by atoms with van der Waals surface area (Å²) in [7, 11) is 1.91. The van der Waals surface area contributed by atoms with Crippen molar-refractivity contribution in [2.24, 2.45) is 0 Å². The van der Waals surface area contributed by atoms with Gasteiger partial charge in [0.15, 0.2) is 0 Å². The van der Waals surface area contributed by atoms with Crippen molar-refractivity contribution < 1.29 is 13.9 Å². The maximum absolute atomic E-state index is 13.6. The maximum atomic E-state index is 13.6. The average Bonchev–Trinajstić information content (AvgIpc) is 2.57. The number of carbonyl (C=O) groups is 1. The first kappa shape index (κ1) is 19.2. The van der Waals surface area contributed by atoms with Gasteiger partial charge in [0.1, 0.15) is 18.2 Å². The van der Waals surface area contributed by atoms with Crippen LogP contribution >= 0.6 is 11.6 Å². The molecule has 6 heteroatoms. The molecule has 134 valence electrons. The Morgan fingerprint density at radius 1 is 1.24 bits per heavy atom. The minimum atomic E-state index is -0.541. The number of amides is 1. The number of nitrogens with zero attached hydrogens (tertiary/aromatic N) is 1. The third kappa shape index (κ3) is 6.36. The second kappa shape index (κ2) is 9.39. The first-order valence-corrected chi connectivity index (χ1v) is 8.45. The Kier molecular flexibility index (Phi) is 7.22. The van der Waals surface area contributed by atoms with Crippen LogP contribution in [-0.4, -0.2) is 37.6 Å². The molecule has 0 atom stereocenters. The van der Waals surface area contributed by atoms with E-state index in [1.807, 2.05) is 43.1 Å². The zero-order valence-electron chi connectivity index (χ0n) is 14.4. The van der Waals surface area contributed by atoms with Gasteiger partial charge in [0.2, 0.25) is 5.91 Å². The molecule has 0 aliphatic rings. The molecule has 0 saturated heterocycles. The summed E-state index contributed by atoms with van der Waals surface area (Å²) in [6.07, 6.45) is 0.267. The molecule has 0 aromatic heterocycles. The second-order valence-electron chi connectivity index (χ2n) is 5.84. The van der Waals surface area contributed by atoms with Gasteiger partial charge in [0, 0.05) is 24.5 Å². The number of hydrogen-bond donors (Lipinski definition) is 1. The zero-order valence-corrected chi connectivity index (χ0v) is 15.1. The number of aryl methyl sites for hydroxylation is 1. The van der Waals surface area contributed by atoms with Crippen LogP contribution in [0.2, 0.25) is 5.02 Å². The minimum absolute atomic E-state index is 0.139. The van der Waals surface area contributed by atoms with Crippen molar-refractivity contribution in [2.45, 2.75) is 13.3 Å². The Bertz CT molecular complexity index is 724. The summed E-state index contributed by atoms with van der Waals surface area (Å²) in [5.74, 6) is 0.0839. The van der Waals surface area contributed by atoms with Crippen molar-refractivity contribution >= 4 is 23.2 Å². The molecule has 2 rings (SSSR count). The molecule has 4 nitrogen and oxygen atoms in total. The number of anilines is 1. The van der Waals surface area contributed by atoms with Gasteiger partial charge in [0.25, 0.3) is 0 Å². The number of hydrogen-bond acceptors (Lipinski definition) is 3. The summed E-state index contributed by atoms with van der Waals surface area (Å²) < 4.78 is 19.4. The molecular weight excluding hydrogens is 343 g/mol. The van der Waals surface area contributed by atoms with E-state index < -0.39 is 5.82 Å². The summed E-state index contributed by atoms with van der Waals surface area (Å²) >= 11 is 5.69. The molecular formula is C19H22ClFN2O2. The third-order valence-electron chi connectivity index (χ3n) is 3.75. The molecule has 1 amide bonds. The van der Waals surface area contributed by atoms with Gasteiger partial charge >= 0.3 is 0 Å². The zero-order chi connectivity index (χ0) is 18.2. The van der Waals surface area contributed by atoms with Gasteiger partial charge in [-0.3, -0.25) is 4.79 Å². The van der Waals surface area contributed by atoms with E-state index in [9.17, 15) is 9.18 Å². The molecule has 0 bridgehead atoms. The van der Waals surface area contributed by atoms with Crippen LogP contribution in [-0.2, 0) is 4.79 Å². The van der Waals surface area contributed by atoms with E-state index in [4.69, 9.17) is 16.3 Å². The van der Waals surface area contributed by atoms with Gasteiger partial charge in [-0.25, -0.2) is 4.39 Å². The van der Waals surface area contributed by atoms with Crippen LogP contribution in [0.1, 0.15) is 12.0 Å². The highest BCUT2D eigenvalue weighted by atomic mass is 35.5. The summed E-state index contributed by atoms with van der Waals surface area (Å²) in [4.78, 5) is 13.9. The van der Waals surface area contributed by atoms with E-state index in [0.29, 0.717) is 24.7 Å². The molecule has 0 saturated carbocycles. The molecule has 25 heavy (non-hydrogen) atoms. The number of ether oxygens (including phenoxy) is 1. The smallest absolute Gasteiger partial charge is 0.225 e. The number of para-hydroxylation sites is 1. The molecule has 0 aliphatic carbocycles. The van der Waals surface area contributed by atoms with E-state index in [0.717, 1.165) is 11.3 Å². The topological polar surface area (TPSA) is 41.6 Å². The lowest BCUT2D eigenvalue weighted by molar-refractivity contribution is -0.116. The van der Waals surface area contributed by atoms with Crippen molar-refractivity contribution in [1.29, 1.82) is 0 Å². The van der Waals surface area contributed by atoms with Gasteiger partial charge in [-0.2, -0.15) is 0 Å². The number of benzene rings is 2. The SMILES string of the molecule is Cc1ccccc1OCCN(C)CCC(=O)Nc1ccc(Cl)cc1F. The van der Waals surface area contributed by atoms with Crippen LogP contribution in [0.4, 0.5) is 10.1 Å². The van der Waals surface area contributed by atoms with Crippen LogP contribution in [0, 0.1) is 12.7 Å². The molecule has 0 radical (unpaired) electrons. The highest BCUT2D eigenvalue weighted by Crippen LogP contribution is 2.19. The Morgan fingerprint density at radius 2 is 2.00 bits per heavy atom. The first-order valence-electron chi connectivity index (χ1n) is 8.07. The number of likely N-dealkylation sites (N-methyl/N-ethyl adjacent to an activating group) is 1. The molecule has 2 aromatic carbocycles. The van der Waals surface area contributed by atoms with E-state index in [-0.39, 0.29) is 18.0 Å². The van der Waals surface area contributed by atoms with Gasteiger partial charge in [0.05, 0.1) is 5.69 Å². The van der Waals surface area contributed by atoms with E-state index in [1.165, 1.54) is 18.2 Å². The van der Waals surface area contributed by atoms with Gasteiger partial charge in [-0.1, -0.05) is 29.8 Å². The Balaban J connectivity index is 1.69. The van der Waals surface area contributed by atoms with E-state index >= 15 is 0 Å². The van der Waals surface area contributed by atoms with E-state index in [2.05, 4.69) is 5.32 Å². The summed E-state index contributed by atoms with van der Waals surface area (Å²) in [5.41, 5.74) is 1.23. The van der Waals surface area contributed by atoms with Crippen molar-refractivity contribution in [3.63, 3.8) is 0 Å². The lowest BCUT2D eigenvalue weighted by Crippen LogP contribution is -2.28. The number of halogens is 2. The highest BCUT2D eigenvalue weighted by Gasteiger charge is 2.09. The Labute approximate surface area is 152 Å². The monoisotopic (exact) mass is 364 g/mol. The van der Waals surface area contributed by atoms with Crippen LogP contribution in [0.15, 0.2) is 42.5 Å². The molecule has 2 aromatic rings. The van der Waals surface area contributed by atoms with E-state index in [1.54, 1.807) is 0 Å². The predicted octanol–water partition coefficient (Wildman–Crippen LogP) is 4.13. The highest BCUT2D eigenvalue weighted by molar-refractivity contribution is 6.30. The fourth-order valence-corrected chi connectivity index (χ4v) is 2.40. The van der Waals surface area contributed by atoms with Gasteiger partial charge in [-0.05, 0) is 43.8 Å². The van der Waals surface area contributed by atoms with Gasteiger partial charge in [-0.15, -0.1) is 0 Å². The fraction of sp³-hybridized carbons (Fsp3) is 0.316. The normalized spacial score (nSPS) is 10.8. The predicted molar refractivity (Wildman–Crippen MR) is 98.8 cm³/mol. The standard InChI is InChI=1S/C19H22ClFN2O2/c1-14-5-3-4-6-18(14)25-12-11-23(2)10-9-19(24)22-17-8-7-15(20)13-16(17)21/h3-8,13H,9-12H2,1-2H3,(H,22,24). The van der Waals surface area contributed by atoms with Crippen LogP contribution in [0.25, 0.3) is 0 Å². The van der Waals surface area contributed by atoms with Crippen LogP contribution in [0.5, 0.6) is 5.75 Å².